The van der Waals surface area contributed by atoms with E-state index in [2.05, 4.69) is 48.1 Å². The number of aromatic amines is 1. The van der Waals surface area contributed by atoms with E-state index in [0.717, 1.165) is 49.0 Å². The second-order valence-electron chi connectivity index (χ2n) is 11.4. The third-order valence-corrected chi connectivity index (χ3v) is 7.77. The molecule has 192 valence electrons. The van der Waals surface area contributed by atoms with Gasteiger partial charge in [0, 0.05) is 19.3 Å². The van der Waals surface area contributed by atoms with Gasteiger partial charge in [-0.15, -0.1) is 0 Å². The minimum atomic E-state index is -0.466. The molecule has 36 heavy (non-hydrogen) atoms. The van der Waals surface area contributed by atoms with Crippen LogP contribution in [-0.4, -0.2) is 56.6 Å². The number of rotatable bonds is 3. The van der Waals surface area contributed by atoms with Gasteiger partial charge in [-0.1, -0.05) is 18.2 Å². The molecule has 5 rings (SSSR count). The molecule has 2 saturated heterocycles. The summed E-state index contributed by atoms with van der Waals surface area (Å²) in [6.07, 6.45) is 6.91. The average Bonchev–Trinajstić information content (AvgIpc) is 3.28. The number of benzene rings is 1. The van der Waals surface area contributed by atoms with Crippen LogP contribution in [0.1, 0.15) is 93.5 Å². The molecule has 4 heterocycles. The van der Waals surface area contributed by atoms with Gasteiger partial charge in [-0.3, -0.25) is 9.88 Å². The molecule has 2 aromatic heterocycles. The third kappa shape index (κ3) is 4.99. The lowest BCUT2D eigenvalue weighted by atomic mass is 9.89. The van der Waals surface area contributed by atoms with Gasteiger partial charge in [-0.25, -0.2) is 9.78 Å². The van der Waals surface area contributed by atoms with Crippen LogP contribution in [0.5, 0.6) is 0 Å². The van der Waals surface area contributed by atoms with Gasteiger partial charge in [0.1, 0.15) is 11.4 Å². The monoisotopic (exact) mass is 489 g/mol. The van der Waals surface area contributed by atoms with Gasteiger partial charge < -0.3 is 14.6 Å². The Balaban J connectivity index is 1.34. The number of likely N-dealkylation sites (tertiary alicyclic amines) is 2. The van der Waals surface area contributed by atoms with Gasteiger partial charge in [0.25, 0.3) is 0 Å². The molecule has 7 nitrogen and oxygen atoms in total. The summed E-state index contributed by atoms with van der Waals surface area (Å²) >= 11 is 0. The maximum atomic E-state index is 12.5. The van der Waals surface area contributed by atoms with Crippen LogP contribution in [0.3, 0.4) is 0 Å². The standard InChI is InChI=1S/C29H39N5O2/c1-19-9-8-16-30-25(19)23-12-7-13-24(33(23)5)27-31-22-11-6-10-21(26(22)32-27)20-14-17-34(18-15-20)28(35)36-29(2,3)4/h6,8-11,16,20,23-24H,7,12-15,17-18H2,1-5H3,(H,31,32)/t23-,24+/m0/s1. The number of carbonyl (C=O) groups is 1. The van der Waals surface area contributed by atoms with Crippen LogP contribution in [0.4, 0.5) is 4.79 Å². The Labute approximate surface area is 214 Å². The van der Waals surface area contributed by atoms with Crippen molar-refractivity contribution in [3.05, 3.63) is 59.2 Å². The van der Waals surface area contributed by atoms with Crippen LogP contribution in [0.2, 0.25) is 0 Å². The number of nitrogens with zero attached hydrogens (tertiary/aromatic N) is 4. The Morgan fingerprint density at radius 1 is 1.06 bits per heavy atom. The van der Waals surface area contributed by atoms with E-state index in [1.807, 2.05) is 37.9 Å². The van der Waals surface area contributed by atoms with Crippen molar-refractivity contribution in [2.45, 2.75) is 83.4 Å². The minimum Gasteiger partial charge on any atom is -0.444 e. The van der Waals surface area contributed by atoms with Crippen molar-refractivity contribution in [2.24, 2.45) is 0 Å². The summed E-state index contributed by atoms with van der Waals surface area (Å²) in [5.41, 5.74) is 5.45. The predicted octanol–water partition coefficient (Wildman–Crippen LogP) is 6.28. The molecular formula is C29H39N5O2. The number of nitrogens with one attached hydrogen (secondary N) is 1. The number of piperidine rings is 2. The number of hydrogen-bond acceptors (Lipinski definition) is 5. The first-order valence-electron chi connectivity index (χ1n) is 13.3. The quantitative estimate of drug-likeness (QED) is 0.469. The lowest BCUT2D eigenvalue weighted by Crippen LogP contribution is -2.41. The molecule has 1 N–H and O–H groups in total. The highest BCUT2D eigenvalue weighted by Crippen LogP contribution is 2.41. The zero-order valence-electron chi connectivity index (χ0n) is 22.3. The highest BCUT2D eigenvalue weighted by molar-refractivity contribution is 5.79. The van der Waals surface area contributed by atoms with E-state index in [4.69, 9.17) is 14.7 Å². The summed E-state index contributed by atoms with van der Waals surface area (Å²) < 4.78 is 5.58. The van der Waals surface area contributed by atoms with E-state index in [-0.39, 0.29) is 12.1 Å². The molecule has 2 atom stereocenters. The molecule has 1 aromatic carbocycles. The number of pyridine rings is 1. The number of amides is 1. The zero-order valence-corrected chi connectivity index (χ0v) is 22.3. The van der Waals surface area contributed by atoms with Crippen molar-refractivity contribution in [3.8, 4) is 0 Å². The molecule has 0 radical (unpaired) electrons. The molecule has 0 saturated carbocycles. The molecule has 0 aliphatic carbocycles. The summed E-state index contributed by atoms with van der Waals surface area (Å²) in [5, 5.41) is 0. The predicted molar refractivity (Wildman–Crippen MR) is 142 cm³/mol. The van der Waals surface area contributed by atoms with Gasteiger partial charge >= 0.3 is 6.09 Å². The molecule has 7 heteroatoms. The van der Waals surface area contributed by atoms with Crippen molar-refractivity contribution < 1.29 is 9.53 Å². The second-order valence-corrected chi connectivity index (χ2v) is 11.4. The van der Waals surface area contributed by atoms with E-state index >= 15 is 0 Å². The number of H-pyrrole nitrogens is 1. The van der Waals surface area contributed by atoms with Crippen molar-refractivity contribution >= 4 is 17.1 Å². The summed E-state index contributed by atoms with van der Waals surface area (Å²) in [6, 6.07) is 11.2. The summed E-state index contributed by atoms with van der Waals surface area (Å²) in [7, 11) is 2.21. The molecule has 0 unspecified atom stereocenters. The van der Waals surface area contributed by atoms with Crippen LogP contribution in [0.25, 0.3) is 11.0 Å². The number of ether oxygens (including phenoxy) is 1. The highest BCUT2D eigenvalue weighted by Gasteiger charge is 2.34. The van der Waals surface area contributed by atoms with Crippen LogP contribution >= 0.6 is 0 Å². The molecule has 2 aliphatic rings. The van der Waals surface area contributed by atoms with Gasteiger partial charge in [-0.2, -0.15) is 0 Å². The van der Waals surface area contributed by atoms with Gasteiger partial charge in [0.15, 0.2) is 0 Å². The number of imidazole rings is 1. The topological polar surface area (TPSA) is 74.4 Å². The van der Waals surface area contributed by atoms with Crippen LogP contribution in [0.15, 0.2) is 36.5 Å². The van der Waals surface area contributed by atoms with Crippen LogP contribution < -0.4 is 0 Å². The first kappa shape index (κ1) is 24.8. The van der Waals surface area contributed by atoms with E-state index in [0.29, 0.717) is 25.0 Å². The molecule has 1 amide bonds. The second kappa shape index (κ2) is 9.85. The Kier molecular flexibility index (Phi) is 6.77. The lowest BCUT2D eigenvalue weighted by Gasteiger charge is -2.38. The fraction of sp³-hybridized carbons (Fsp3) is 0.552. The first-order chi connectivity index (χ1) is 17.2. The number of fused-ring (bicyclic) bond motifs is 1. The summed E-state index contributed by atoms with van der Waals surface area (Å²) in [4.78, 5) is 30.3. The van der Waals surface area contributed by atoms with Crippen molar-refractivity contribution in [3.63, 3.8) is 0 Å². The molecule has 3 aromatic rings. The normalized spacial score (nSPS) is 22.2. The number of carbonyl (C=O) groups excluding carboxylic acids is 1. The first-order valence-corrected chi connectivity index (χ1v) is 13.3. The molecule has 2 fully saturated rings. The maximum Gasteiger partial charge on any atom is 0.410 e. The number of aryl methyl sites for hydroxylation is 1. The largest absolute Gasteiger partial charge is 0.444 e. The van der Waals surface area contributed by atoms with Gasteiger partial charge in [0.2, 0.25) is 0 Å². The van der Waals surface area contributed by atoms with E-state index in [9.17, 15) is 4.79 Å². The minimum absolute atomic E-state index is 0.207. The van der Waals surface area contributed by atoms with Crippen LogP contribution in [-0.2, 0) is 4.74 Å². The fourth-order valence-corrected chi connectivity index (χ4v) is 5.91. The number of hydrogen-bond donors (Lipinski definition) is 1. The summed E-state index contributed by atoms with van der Waals surface area (Å²) in [5.74, 6) is 1.44. The Morgan fingerprint density at radius 2 is 1.81 bits per heavy atom. The van der Waals surface area contributed by atoms with Crippen LogP contribution in [0, 0.1) is 6.92 Å². The van der Waals surface area contributed by atoms with Gasteiger partial charge in [0.05, 0.1) is 28.8 Å². The average molecular weight is 490 g/mol. The Morgan fingerprint density at radius 3 is 2.53 bits per heavy atom. The fourth-order valence-electron chi connectivity index (χ4n) is 5.91. The zero-order chi connectivity index (χ0) is 25.4. The molecule has 0 bridgehead atoms. The molecular weight excluding hydrogens is 450 g/mol. The summed E-state index contributed by atoms with van der Waals surface area (Å²) in [6.45, 7) is 9.33. The lowest BCUT2D eigenvalue weighted by molar-refractivity contribution is 0.0205. The third-order valence-electron chi connectivity index (χ3n) is 7.77. The number of para-hydroxylation sites is 1. The van der Waals surface area contributed by atoms with Gasteiger partial charge in [-0.05, 0) is 96.0 Å². The van der Waals surface area contributed by atoms with E-state index < -0.39 is 5.60 Å². The van der Waals surface area contributed by atoms with Crippen molar-refractivity contribution in [1.82, 2.24) is 24.8 Å². The molecule has 0 spiro atoms. The van der Waals surface area contributed by atoms with E-state index in [1.165, 1.54) is 16.8 Å². The SMILES string of the molecule is Cc1cccnc1[C@@H]1CCC[C@H](c2nc3cccc(C4CCN(C(=O)OC(C)(C)C)CC4)c3[nH]2)N1C. The molecule has 2 aliphatic heterocycles. The highest BCUT2D eigenvalue weighted by atomic mass is 16.6. The van der Waals surface area contributed by atoms with Crippen molar-refractivity contribution in [1.29, 1.82) is 0 Å². The smallest absolute Gasteiger partial charge is 0.410 e. The number of aromatic nitrogens is 3. The van der Waals surface area contributed by atoms with Crippen molar-refractivity contribution in [2.75, 3.05) is 20.1 Å². The maximum absolute atomic E-state index is 12.5. The Hall–Kier alpha value is -2.93. The Bertz CT molecular complexity index is 1220. The van der Waals surface area contributed by atoms with E-state index in [1.54, 1.807) is 0 Å².